The largest absolute Gasteiger partial charge is 0.490 e. The number of carboxylic acid groups (broad SMARTS) is 2. The normalized spacial score (nSPS) is 12.7. The molecule has 53 heavy (non-hydrogen) atoms. The summed E-state index contributed by atoms with van der Waals surface area (Å²) in [5.41, 5.74) is 7.31. The third-order valence-electron chi connectivity index (χ3n) is 7.49. The number of carbonyl (C=O) groups excluding carboxylic acids is 1. The molecule has 1 unspecified atom stereocenters. The van der Waals surface area contributed by atoms with Crippen LogP contribution in [0.15, 0.2) is 77.8 Å². The van der Waals surface area contributed by atoms with Crippen molar-refractivity contribution in [3.63, 3.8) is 0 Å². The van der Waals surface area contributed by atoms with Crippen molar-refractivity contribution < 1.29 is 55.7 Å². The van der Waals surface area contributed by atoms with Gasteiger partial charge in [0.25, 0.3) is 0 Å². The molecule has 0 spiro atoms. The fourth-order valence-corrected chi connectivity index (χ4v) is 6.35. The summed E-state index contributed by atoms with van der Waals surface area (Å²) in [6.45, 7) is 9.10. The van der Waals surface area contributed by atoms with Crippen LogP contribution in [0.25, 0.3) is 10.8 Å². The third-order valence-corrected chi connectivity index (χ3v) is 9.72. The Labute approximate surface area is 304 Å². The highest BCUT2D eigenvalue weighted by Crippen LogP contribution is 2.35. The van der Waals surface area contributed by atoms with Crippen molar-refractivity contribution in [2.45, 2.75) is 75.5 Å². The van der Waals surface area contributed by atoms with Crippen LogP contribution in [-0.2, 0) is 24.2 Å². The Balaban J connectivity index is 0.000000980. The van der Waals surface area contributed by atoms with E-state index in [-0.39, 0.29) is 16.6 Å². The maximum Gasteiger partial charge on any atom is 0.490 e. The van der Waals surface area contributed by atoms with E-state index in [1.807, 2.05) is 26.8 Å². The van der Waals surface area contributed by atoms with Gasteiger partial charge in [-0.2, -0.15) is 13.2 Å². The molecule has 0 saturated heterocycles. The maximum atomic E-state index is 14.3. The number of fused-ring (bicyclic) bond motifs is 1. The Hall–Kier alpha value is -5.58. The number of aromatic nitrogens is 1. The van der Waals surface area contributed by atoms with Crippen molar-refractivity contribution in [3.05, 3.63) is 84.1 Å². The van der Waals surface area contributed by atoms with E-state index in [1.165, 1.54) is 12.1 Å². The molecule has 4 rings (SSSR count). The number of rotatable bonds is 14. The number of carbonyl (C=O) groups is 3. The van der Waals surface area contributed by atoms with Crippen LogP contribution in [-0.4, -0.2) is 65.6 Å². The minimum atomic E-state index is -5.08. The molecule has 6 N–H and O–H groups in total. The molecular weight excluding hydrogens is 721 g/mol. The lowest BCUT2D eigenvalue weighted by Gasteiger charge is -2.26. The Morgan fingerprint density at radius 1 is 0.943 bits per heavy atom. The van der Waals surface area contributed by atoms with Crippen LogP contribution < -0.4 is 25.8 Å². The van der Waals surface area contributed by atoms with Crippen LogP contribution in [0.2, 0.25) is 0 Å². The number of carboxylic acids is 2. The molecule has 3 aromatic carbocycles. The zero-order valence-electron chi connectivity index (χ0n) is 29.5. The van der Waals surface area contributed by atoms with E-state index in [4.69, 9.17) is 25.1 Å². The first-order chi connectivity index (χ1) is 24.8. The Bertz CT molecular complexity index is 2040. The summed E-state index contributed by atoms with van der Waals surface area (Å²) < 4.78 is 70.0. The second-order valence-corrected chi connectivity index (χ2v) is 14.6. The molecule has 0 bridgehead atoms. The maximum absolute atomic E-state index is 14.3. The fraction of sp³-hybridized carbons (Fsp3) is 0.333. The average Bonchev–Trinajstić information content (AvgIpc) is 3.07. The standard InChI is InChI=1S/C34H40N4O7S.C2HF3O2/c1-6-44-28-14-11-23(18-29(28)45-20(2)3)32(37-24-12-13-25-22(17-24)15-16-36-33(25)35)34(41)38-27(19-31(39)40)26-9-7-8-10-30(26)46(42,43)21(4)5;3-2(4,5)1(6)7/h7-18,20-21,27,32,37H,6,19H2,1-5H3,(H2,35,36)(H,38,41)(H,39,40);(H,6,7)/t27-,32?;/m1./s1. The van der Waals surface area contributed by atoms with Crippen molar-refractivity contribution in [2.24, 2.45) is 0 Å². The molecular formula is C36H41F3N4O9S. The van der Waals surface area contributed by atoms with E-state index in [0.29, 0.717) is 35.2 Å². The molecule has 1 heterocycles. The van der Waals surface area contributed by atoms with Gasteiger partial charge in [0, 0.05) is 17.3 Å². The molecule has 13 nitrogen and oxygen atoms in total. The fourth-order valence-electron chi connectivity index (χ4n) is 5.03. The molecule has 0 fully saturated rings. The Kier molecular flexibility index (Phi) is 14.0. The van der Waals surface area contributed by atoms with E-state index in [0.717, 1.165) is 10.8 Å². The number of hydrogen-bond donors (Lipinski definition) is 5. The summed E-state index contributed by atoms with van der Waals surface area (Å²) in [6, 6.07) is 16.2. The summed E-state index contributed by atoms with van der Waals surface area (Å²) >= 11 is 0. The minimum Gasteiger partial charge on any atom is -0.490 e. The predicted octanol–water partition coefficient (Wildman–Crippen LogP) is 6.30. The second kappa shape index (κ2) is 17.8. The van der Waals surface area contributed by atoms with E-state index in [2.05, 4.69) is 15.6 Å². The van der Waals surface area contributed by atoms with Crippen molar-refractivity contribution in [2.75, 3.05) is 17.7 Å². The number of halogens is 3. The van der Waals surface area contributed by atoms with Gasteiger partial charge in [0.1, 0.15) is 11.9 Å². The molecule has 1 amide bonds. The van der Waals surface area contributed by atoms with E-state index >= 15 is 0 Å². The quantitative estimate of drug-likeness (QED) is 0.0959. The van der Waals surface area contributed by atoms with Gasteiger partial charge in [0.05, 0.1) is 35.3 Å². The monoisotopic (exact) mass is 762 g/mol. The number of nitrogens with zero attached hydrogens (tertiary/aromatic N) is 1. The Morgan fingerprint density at radius 2 is 1.60 bits per heavy atom. The average molecular weight is 763 g/mol. The van der Waals surface area contributed by atoms with Crippen LogP contribution in [0.5, 0.6) is 11.5 Å². The van der Waals surface area contributed by atoms with Gasteiger partial charge in [0.2, 0.25) is 5.91 Å². The lowest BCUT2D eigenvalue weighted by Crippen LogP contribution is -2.37. The van der Waals surface area contributed by atoms with Gasteiger partial charge in [-0.3, -0.25) is 9.59 Å². The third kappa shape index (κ3) is 11.2. The van der Waals surface area contributed by atoms with E-state index < -0.39 is 57.6 Å². The number of anilines is 2. The van der Waals surface area contributed by atoms with Gasteiger partial charge in [-0.05, 0) is 93.6 Å². The Morgan fingerprint density at radius 3 is 2.19 bits per heavy atom. The number of pyridine rings is 1. The molecule has 0 aliphatic heterocycles. The molecule has 1 aromatic heterocycles. The van der Waals surface area contributed by atoms with Crippen LogP contribution in [0.4, 0.5) is 24.7 Å². The van der Waals surface area contributed by atoms with Crippen molar-refractivity contribution >= 4 is 50.0 Å². The lowest BCUT2D eigenvalue weighted by molar-refractivity contribution is -0.192. The molecule has 0 saturated carbocycles. The van der Waals surface area contributed by atoms with Crippen LogP contribution in [0, 0.1) is 0 Å². The number of amides is 1. The number of alkyl halides is 3. The van der Waals surface area contributed by atoms with E-state index in [9.17, 15) is 36.3 Å². The van der Waals surface area contributed by atoms with E-state index in [1.54, 1.807) is 68.6 Å². The predicted molar refractivity (Wildman–Crippen MR) is 191 cm³/mol. The summed E-state index contributed by atoms with van der Waals surface area (Å²) in [7, 11) is -3.80. The summed E-state index contributed by atoms with van der Waals surface area (Å²) in [5, 5.41) is 23.8. The van der Waals surface area contributed by atoms with Crippen LogP contribution in [0.3, 0.4) is 0 Å². The highest BCUT2D eigenvalue weighted by Gasteiger charge is 2.38. The highest BCUT2D eigenvalue weighted by atomic mass is 32.2. The first-order valence-electron chi connectivity index (χ1n) is 16.2. The number of benzene rings is 3. The summed E-state index contributed by atoms with van der Waals surface area (Å²) in [5.74, 6) is -3.25. The zero-order chi connectivity index (χ0) is 39.7. The topological polar surface area (TPSA) is 207 Å². The van der Waals surface area contributed by atoms with Gasteiger partial charge < -0.3 is 36.1 Å². The van der Waals surface area contributed by atoms with Crippen LogP contribution in [0.1, 0.15) is 64.3 Å². The van der Waals surface area contributed by atoms with Crippen LogP contribution >= 0.6 is 0 Å². The SMILES string of the molecule is CCOc1ccc(C(Nc2ccc3c(N)nccc3c2)C(=O)N[C@H](CC(=O)O)c2ccccc2S(=O)(=O)C(C)C)cc1OC(C)C.O=C(O)C(F)(F)F. The number of nitrogens with two attached hydrogens (primary N) is 1. The van der Waals surface area contributed by atoms with Crippen molar-refractivity contribution in [1.82, 2.24) is 10.3 Å². The number of ether oxygens (including phenoxy) is 2. The molecule has 0 radical (unpaired) electrons. The zero-order valence-corrected chi connectivity index (χ0v) is 30.3. The van der Waals surface area contributed by atoms with Crippen molar-refractivity contribution in [3.8, 4) is 11.5 Å². The molecule has 17 heteroatoms. The minimum absolute atomic E-state index is 0.0320. The smallest absolute Gasteiger partial charge is 0.490 e. The first-order valence-corrected chi connectivity index (χ1v) is 17.8. The molecule has 0 aliphatic rings. The van der Waals surface area contributed by atoms with Gasteiger partial charge in [-0.15, -0.1) is 0 Å². The first kappa shape index (κ1) is 41.8. The lowest BCUT2D eigenvalue weighted by atomic mass is 10.0. The van der Waals surface area contributed by atoms with Gasteiger partial charge >= 0.3 is 18.1 Å². The number of nitrogen functional groups attached to an aromatic ring is 1. The van der Waals surface area contributed by atoms with Gasteiger partial charge in [-0.1, -0.05) is 24.3 Å². The molecule has 286 valence electrons. The number of sulfone groups is 1. The molecule has 4 aromatic rings. The second-order valence-electron chi connectivity index (χ2n) is 12.1. The van der Waals surface area contributed by atoms with Crippen molar-refractivity contribution in [1.29, 1.82) is 0 Å². The summed E-state index contributed by atoms with van der Waals surface area (Å²) in [6.07, 6.45) is -4.23. The summed E-state index contributed by atoms with van der Waals surface area (Å²) in [4.78, 5) is 39.3. The number of nitrogens with one attached hydrogen (secondary N) is 2. The van der Waals surface area contributed by atoms with Gasteiger partial charge in [0.15, 0.2) is 21.3 Å². The van der Waals surface area contributed by atoms with Gasteiger partial charge in [-0.25, -0.2) is 18.2 Å². The molecule has 0 aliphatic carbocycles. The highest BCUT2D eigenvalue weighted by molar-refractivity contribution is 7.92. The molecule has 2 atom stereocenters. The number of aliphatic carboxylic acids is 2. The number of hydrogen-bond acceptors (Lipinski definition) is 10.